The maximum Gasteiger partial charge on any atom is 0.285 e. The van der Waals surface area contributed by atoms with Crippen LogP contribution in [0.3, 0.4) is 0 Å². The molecule has 0 saturated carbocycles. The van der Waals surface area contributed by atoms with Crippen LogP contribution >= 0.6 is 7.82 Å². The van der Waals surface area contributed by atoms with Crippen LogP contribution in [0, 0.1) is 5.82 Å². The van der Waals surface area contributed by atoms with E-state index in [1.54, 1.807) is 36.4 Å². The number of rotatable bonds is 9. The fourth-order valence-corrected chi connectivity index (χ4v) is 3.50. The lowest BCUT2D eigenvalue weighted by molar-refractivity contribution is -0.712. The highest BCUT2D eigenvalue weighted by Gasteiger charge is 2.18. The normalized spacial score (nSPS) is 12.9. The van der Waals surface area contributed by atoms with Crippen LogP contribution in [-0.2, 0) is 28.8 Å². The van der Waals surface area contributed by atoms with E-state index in [0.29, 0.717) is 23.4 Å². The van der Waals surface area contributed by atoms with Gasteiger partial charge in [0.25, 0.3) is 13.6 Å². The number of nitrogen functional groups attached to an aromatic ring is 1. The standard InChI is InChI=1S/C23H21FN3O6P/c24-20-5-1-2-6-21(20)31-14-17-9-7-16(8-10-17)12-18-13-22(33-26-18)19-4-3-11-27(23(19)25)15-32-34(28,29)30/h1-11,13,25H,12,14-15H2,(H2,28,29,30). The first kappa shape index (κ1) is 23.6. The molecule has 1 unspecified atom stereocenters. The smallest absolute Gasteiger partial charge is 0.285 e. The minimum absolute atomic E-state index is 0.179. The summed E-state index contributed by atoms with van der Waals surface area (Å²) < 4.78 is 41.1. The number of hydrogen-bond donors (Lipinski definition) is 2. The van der Waals surface area contributed by atoms with Crippen LogP contribution < -0.4 is 19.9 Å². The molecule has 34 heavy (non-hydrogen) atoms. The predicted octanol–water partition coefficient (Wildman–Crippen LogP) is 2.96. The zero-order valence-electron chi connectivity index (χ0n) is 17.8. The van der Waals surface area contributed by atoms with Crippen molar-refractivity contribution in [3.05, 3.63) is 95.6 Å². The number of benzene rings is 2. The number of phosphoric ester groups is 1. The van der Waals surface area contributed by atoms with Crippen LogP contribution in [0.5, 0.6) is 5.75 Å². The third-order valence-electron chi connectivity index (χ3n) is 4.94. The van der Waals surface area contributed by atoms with Crippen LogP contribution in [0.25, 0.3) is 11.3 Å². The molecule has 0 amide bonds. The molecular formula is C23H21FN3O6P. The van der Waals surface area contributed by atoms with Crippen LogP contribution in [0.1, 0.15) is 16.8 Å². The Bertz CT molecular complexity index is 1320. The van der Waals surface area contributed by atoms with Gasteiger partial charge in [0.15, 0.2) is 24.1 Å². The van der Waals surface area contributed by atoms with Crippen molar-refractivity contribution in [2.75, 3.05) is 5.73 Å². The maximum absolute atomic E-state index is 13.7. The molecule has 0 saturated heterocycles. The first-order valence-corrected chi connectivity index (χ1v) is 11.7. The molecule has 2 aromatic carbocycles. The molecule has 0 aliphatic rings. The Balaban J connectivity index is 1.40. The third-order valence-corrected chi connectivity index (χ3v) is 5.38. The fourth-order valence-electron chi connectivity index (χ4n) is 3.23. The number of aromatic nitrogens is 2. The second-order valence-electron chi connectivity index (χ2n) is 7.40. The van der Waals surface area contributed by atoms with Gasteiger partial charge in [0.05, 0.1) is 11.9 Å². The molecule has 4 rings (SSSR count). The van der Waals surface area contributed by atoms with E-state index < -0.39 is 20.4 Å². The molecule has 0 bridgehead atoms. The van der Waals surface area contributed by atoms with E-state index >= 15 is 0 Å². The van der Waals surface area contributed by atoms with Gasteiger partial charge >= 0.3 is 0 Å². The number of anilines is 1. The van der Waals surface area contributed by atoms with Gasteiger partial charge in [-0.3, -0.25) is 14.8 Å². The van der Waals surface area contributed by atoms with E-state index in [4.69, 9.17) is 19.9 Å². The van der Waals surface area contributed by atoms with E-state index in [-0.39, 0.29) is 18.2 Å². The number of pyridine rings is 1. The van der Waals surface area contributed by atoms with Gasteiger partial charge < -0.3 is 19.0 Å². The summed E-state index contributed by atoms with van der Waals surface area (Å²) in [6, 6.07) is 18.9. The number of hydrogen-bond acceptors (Lipinski definition) is 7. The van der Waals surface area contributed by atoms with E-state index in [1.807, 2.05) is 24.3 Å². The first-order chi connectivity index (χ1) is 16.3. The zero-order valence-corrected chi connectivity index (χ0v) is 18.7. The fraction of sp³-hybridized carbons (Fsp3) is 0.130. The van der Waals surface area contributed by atoms with Crippen molar-refractivity contribution in [1.82, 2.24) is 5.16 Å². The molecular weight excluding hydrogens is 464 g/mol. The lowest BCUT2D eigenvalue weighted by atomic mass is 10.1. The largest absolute Gasteiger partial charge is 0.756 e. The molecule has 176 valence electrons. The third kappa shape index (κ3) is 6.06. The Hall–Kier alpha value is -3.56. The SMILES string of the molecule is Nc1c(-c2cc(Cc3ccc(COc4ccccc4F)cc3)no2)ccc[n+]1COP(=O)([O-])O. The molecule has 4 aromatic rings. The van der Waals surface area contributed by atoms with Crippen molar-refractivity contribution in [3.63, 3.8) is 0 Å². The number of ether oxygens (including phenoxy) is 1. The average Bonchev–Trinajstić information content (AvgIpc) is 3.26. The lowest BCUT2D eigenvalue weighted by Crippen LogP contribution is -2.38. The Morgan fingerprint density at radius 2 is 1.85 bits per heavy atom. The van der Waals surface area contributed by atoms with E-state index in [9.17, 15) is 13.8 Å². The molecule has 1 atom stereocenters. The maximum atomic E-state index is 13.7. The minimum atomic E-state index is -4.89. The molecule has 11 heteroatoms. The lowest BCUT2D eigenvalue weighted by Gasteiger charge is -2.14. The molecule has 0 aliphatic carbocycles. The Morgan fingerprint density at radius 3 is 2.59 bits per heavy atom. The molecule has 2 heterocycles. The molecule has 0 spiro atoms. The summed E-state index contributed by atoms with van der Waals surface area (Å²) >= 11 is 0. The summed E-state index contributed by atoms with van der Waals surface area (Å²) in [6.45, 7) is -0.241. The van der Waals surface area contributed by atoms with E-state index in [0.717, 1.165) is 11.1 Å². The van der Waals surface area contributed by atoms with E-state index in [2.05, 4.69) is 9.68 Å². The van der Waals surface area contributed by atoms with Crippen LogP contribution in [-0.4, -0.2) is 10.1 Å². The highest BCUT2D eigenvalue weighted by atomic mass is 31.2. The summed E-state index contributed by atoms with van der Waals surface area (Å²) in [4.78, 5) is 19.6. The van der Waals surface area contributed by atoms with Crippen LogP contribution in [0.4, 0.5) is 10.2 Å². The van der Waals surface area contributed by atoms with Gasteiger partial charge in [-0.2, -0.15) is 0 Å². The molecule has 2 aromatic heterocycles. The second kappa shape index (κ2) is 10.1. The van der Waals surface area contributed by atoms with Gasteiger partial charge in [-0.15, -0.1) is 0 Å². The second-order valence-corrected chi connectivity index (χ2v) is 8.59. The van der Waals surface area contributed by atoms with Crippen molar-refractivity contribution in [1.29, 1.82) is 0 Å². The number of nitrogens with zero attached hydrogens (tertiary/aromatic N) is 2. The number of nitrogens with two attached hydrogens (primary N) is 1. The van der Waals surface area contributed by atoms with Gasteiger partial charge in [0.1, 0.15) is 12.2 Å². The van der Waals surface area contributed by atoms with Crippen molar-refractivity contribution in [2.24, 2.45) is 0 Å². The Kier molecular flexibility index (Phi) is 7.04. The number of phosphoric acid groups is 1. The Morgan fingerprint density at radius 1 is 1.12 bits per heavy atom. The van der Waals surface area contributed by atoms with Gasteiger partial charge in [0, 0.05) is 12.5 Å². The summed E-state index contributed by atoms with van der Waals surface area (Å²) in [5, 5.41) is 4.08. The number of para-hydroxylation sites is 1. The number of halogens is 1. The molecule has 0 aliphatic heterocycles. The topological polar surface area (TPSA) is 135 Å². The molecule has 3 N–H and O–H groups in total. The quantitative estimate of drug-likeness (QED) is 0.273. The molecule has 9 nitrogen and oxygen atoms in total. The summed E-state index contributed by atoms with van der Waals surface area (Å²) in [6.07, 6.45) is 2.00. The van der Waals surface area contributed by atoms with Crippen LogP contribution in [0.15, 0.2) is 77.4 Å². The zero-order chi connectivity index (χ0) is 24.1. The van der Waals surface area contributed by atoms with Crippen molar-refractivity contribution in [2.45, 2.75) is 19.8 Å². The van der Waals surface area contributed by atoms with Gasteiger partial charge in [-0.1, -0.05) is 41.6 Å². The predicted molar refractivity (Wildman–Crippen MR) is 117 cm³/mol. The van der Waals surface area contributed by atoms with Gasteiger partial charge in [-0.25, -0.2) is 8.96 Å². The van der Waals surface area contributed by atoms with Crippen molar-refractivity contribution < 1.29 is 37.1 Å². The molecule has 0 fully saturated rings. The van der Waals surface area contributed by atoms with Crippen molar-refractivity contribution >= 4 is 13.6 Å². The molecule has 0 radical (unpaired) electrons. The Labute approximate surface area is 194 Å². The average molecular weight is 485 g/mol. The summed E-state index contributed by atoms with van der Waals surface area (Å²) in [7, 11) is -4.89. The monoisotopic (exact) mass is 485 g/mol. The van der Waals surface area contributed by atoms with E-state index in [1.165, 1.54) is 16.8 Å². The highest BCUT2D eigenvalue weighted by molar-refractivity contribution is 7.44. The van der Waals surface area contributed by atoms with Crippen molar-refractivity contribution in [3.8, 4) is 17.1 Å². The van der Waals surface area contributed by atoms with Gasteiger partial charge in [0.2, 0.25) is 0 Å². The summed E-state index contributed by atoms with van der Waals surface area (Å²) in [5.74, 6) is 0.369. The minimum Gasteiger partial charge on any atom is -0.756 e. The first-order valence-electron chi connectivity index (χ1n) is 10.2. The highest BCUT2D eigenvalue weighted by Crippen LogP contribution is 2.30. The summed E-state index contributed by atoms with van der Waals surface area (Å²) in [5.41, 5.74) is 9.11. The van der Waals surface area contributed by atoms with Crippen LogP contribution in [0.2, 0.25) is 0 Å². The van der Waals surface area contributed by atoms with Gasteiger partial charge in [-0.05, 0) is 35.4 Å².